The van der Waals surface area contributed by atoms with Gasteiger partial charge >= 0.3 is 5.97 Å². The zero-order valence-electron chi connectivity index (χ0n) is 6.83. The first-order valence-corrected chi connectivity index (χ1v) is 3.56. The third kappa shape index (κ3) is 1.83. The molecule has 0 atom stereocenters. The second kappa shape index (κ2) is 3.88. The fourth-order valence-corrected chi connectivity index (χ4v) is 0.875. The molecule has 0 aliphatic heterocycles. The van der Waals surface area contributed by atoms with E-state index in [1.54, 1.807) is 18.2 Å². The van der Waals surface area contributed by atoms with Gasteiger partial charge in [0.25, 0.3) is 0 Å². The third-order valence-electron chi connectivity index (χ3n) is 1.51. The third-order valence-corrected chi connectivity index (χ3v) is 1.51. The van der Waals surface area contributed by atoms with Gasteiger partial charge < -0.3 is 10.5 Å². The highest BCUT2D eigenvalue weighted by molar-refractivity contribution is 5.89. The molecule has 0 spiro atoms. The summed E-state index contributed by atoms with van der Waals surface area (Å²) in [6.45, 7) is 0.404. The molecule has 0 amide bonds. The highest BCUT2D eigenvalue weighted by Crippen LogP contribution is 2.04. The molecule has 0 saturated carbocycles. The van der Waals surface area contributed by atoms with Crippen LogP contribution >= 0.6 is 0 Å². The molecule has 0 saturated heterocycles. The van der Waals surface area contributed by atoms with Crippen molar-refractivity contribution in [3.63, 3.8) is 0 Å². The first-order valence-electron chi connectivity index (χ1n) is 3.56. The van der Waals surface area contributed by atoms with Crippen molar-refractivity contribution in [2.75, 3.05) is 7.11 Å². The molecular formula is C9H10NO2. The van der Waals surface area contributed by atoms with E-state index in [0.29, 0.717) is 12.1 Å². The highest BCUT2D eigenvalue weighted by atomic mass is 16.5. The van der Waals surface area contributed by atoms with E-state index in [0.717, 1.165) is 5.56 Å². The summed E-state index contributed by atoms with van der Waals surface area (Å²) in [7, 11) is 1.34. The molecule has 0 bridgehead atoms. The monoisotopic (exact) mass is 164 g/mol. The summed E-state index contributed by atoms with van der Waals surface area (Å²) in [5.41, 5.74) is 6.75. The van der Waals surface area contributed by atoms with Gasteiger partial charge in [-0.25, -0.2) is 4.79 Å². The second-order valence-electron chi connectivity index (χ2n) is 2.33. The minimum Gasteiger partial charge on any atom is -0.465 e. The Morgan fingerprint density at radius 1 is 1.67 bits per heavy atom. The van der Waals surface area contributed by atoms with Gasteiger partial charge in [0.15, 0.2) is 0 Å². The van der Waals surface area contributed by atoms with E-state index in [9.17, 15) is 4.79 Å². The van der Waals surface area contributed by atoms with Gasteiger partial charge in [-0.05, 0) is 29.8 Å². The molecule has 3 heteroatoms. The molecule has 0 fully saturated rings. The minimum atomic E-state index is -0.360. The van der Waals surface area contributed by atoms with Crippen LogP contribution in [0.25, 0.3) is 0 Å². The van der Waals surface area contributed by atoms with E-state index in [1.807, 2.05) is 0 Å². The van der Waals surface area contributed by atoms with E-state index < -0.39 is 0 Å². The molecule has 1 aromatic rings. The smallest absolute Gasteiger partial charge is 0.337 e. The minimum absolute atomic E-state index is 0.360. The van der Waals surface area contributed by atoms with Crippen molar-refractivity contribution in [2.24, 2.45) is 5.73 Å². The maximum absolute atomic E-state index is 11.0. The van der Waals surface area contributed by atoms with Crippen LogP contribution < -0.4 is 5.73 Å². The summed E-state index contributed by atoms with van der Waals surface area (Å²) < 4.78 is 4.54. The molecule has 0 aliphatic rings. The number of methoxy groups -OCH3 is 1. The lowest BCUT2D eigenvalue weighted by atomic mass is 10.1. The summed E-state index contributed by atoms with van der Waals surface area (Å²) in [5, 5.41) is 0. The molecule has 1 radical (unpaired) electrons. The Morgan fingerprint density at radius 2 is 2.42 bits per heavy atom. The van der Waals surface area contributed by atoms with E-state index in [2.05, 4.69) is 10.8 Å². The average molecular weight is 164 g/mol. The molecule has 2 N–H and O–H groups in total. The Labute approximate surface area is 71.1 Å². The number of hydrogen-bond acceptors (Lipinski definition) is 3. The van der Waals surface area contributed by atoms with Crippen LogP contribution in [0.15, 0.2) is 18.2 Å². The van der Waals surface area contributed by atoms with Gasteiger partial charge in [0.1, 0.15) is 0 Å². The highest BCUT2D eigenvalue weighted by Gasteiger charge is 2.04. The zero-order chi connectivity index (χ0) is 8.97. The van der Waals surface area contributed by atoms with Crippen molar-refractivity contribution in [1.82, 2.24) is 0 Å². The quantitative estimate of drug-likeness (QED) is 0.655. The van der Waals surface area contributed by atoms with Crippen LogP contribution in [0.1, 0.15) is 15.9 Å². The van der Waals surface area contributed by atoms with Crippen molar-refractivity contribution in [3.05, 3.63) is 35.4 Å². The normalized spacial score (nSPS) is 9.50. The van der Waals surface area contributed by atoms with E-state index in [4.69, 9.17) is 5.73 Å². The summed E-state index contributed by atoms with van der Waals surface area (Å²) in [5.74, 6) is -0.360. The molecule has 12 heavy (non-hydrogen) atoms. The first-order chi connectivity index (χ1) is 5.77. The maximum Gasteiger partial charge on any atom is 0.337 e. The number of carbonyl (C=O) groups excluding carboxylic acids is 1. The van der Waals surface area contributed by atoms with Crippen LogP contribution in [0, 0.1) is 6.07 Å². The Balaban J connectivity index is 2.93. The number of ether oxygens (including phenoxy) is 1. The van der Waals surface area contributed by atoms with Crippen molar-refractivity contribution >= 4 is 5.97 Å². The molecule has 0 heterocycles. The molecule has 63 valence electrons. The van der Waals surface area contributed by atoms with Crippen LogP contribution in [-0.2, 0) is 11.3 Å². The molecule has 0 unspecified atom stereocenters. The summed E-state index contributed by atoms with van der Waals surface area (Å²) in [6.07, 6.45) is 0. The SMILES string of the molecule is COC(=O)c1c[c]cc(CN)c1. The van der Waals surface area contributed by atoms with Crippen molar-refractivity contribution in [3.8, 4) is 0 Å². The lowest BCUT2D eigenvalue weighted by Crippen LogP contribution is -2.03. The first kappa shape index (κ1) is 8.74. The summed E-state index contributed by atoms with van der Waals surface area (Å²) in [4.78, 5) is 11.0. The summed E-state index contributed by atoms with van der Waals surface area (Å²) in [6, 6.07) is 7.83. The van der Waals surface area contributed by atoms with Gasteiger partial charge in [0, 0.05) is 6.54 Å². The van der Waals surface area contributed by atoms with Crippen molar-refractivity contribution < 1.29 is 9.53 Å². The van der Waals surface area contributed by atoms with Crippen LogP contribution in [-0.4, -0.2) is 13.1 Å². The molecule has 1 aromatic carbocycles. The topological polar surface area (TPSA) is 52.3 Å². The number of nitrogens with two attached hydrogens (primary N) is 1. The standard InChI is InChI=1S/C9H10NO2/c1-12-9(11)8-4-2-3-7(5-8)6-10/h3-5H,6,10H2,1H3. The van der Waals surface area contributed by atoms with Crippen molar-refractivity contribution in [1.29, 1.82) is 0 Å². The lowest BCUT2D eigenvalue weighted by Gasteiger charge is -2.00. The van der Waals surface area contributed by atoms with Gasteiger partial charge in [0.05, 0.1) is 12.7 Å². The Morgan fingerprint density at radius 3 is 3.00 bits per heavy atom. The molecule has 0 aliphatic carbocycles. The van der Waals surface area contributed by atoms with E-state index in [1.165, 1.54) is 7.11 Å². The van der Waals surface area contributed by atoms with E-state index in [-0.39, 0.29) is 5.97 Å². The predicted octanol–water partition coefficient (Wildman–Crippen LogP) is 0.732. The maximum atomic E-state index is 11.0. The molecular weight excluding hydrogens is 154 g/mol. The lowest BCUT2D eigenvalue weighted by molar-refractivity contribution is 0.0600. The van der Waals surface area contributed by atoms with Crippen LogP contribution in [0.2, 0.25) is 0 Å². The molecule has 0 aromatic heterocycles. The van der Waals surface area contributed by atoms with Gasteiger partial charge in [0.2, 0.25) is 0 Å². The predicted molar refractivity (Wildman–Crippen MR) is 44.5 cm³/mol. The zero-order valence-corrected chi connectivity index (χ0v) is 6.83. The Bertz CT molecular complexity index is 284. The number of benzene rings is 1. The van der Waals surface area contributed by atoms with Gasteiger partial charge in [-0.1, -0.05) is 0 Å². The molecule has 3 nitrogen and oxygen atoms in total. The number of esters is 1. The van der Waals surface area contributed by atoms with Crippen molar-refractivity contribution in [2.45, 2.75) is 6.54 Å². The number of rotatable bonds is 2. The molecule has 1 rings (SSSR count). The summed E-state index contributed by atoms with van der Waals surface area (Å²) >= 11 is 0. The van der Waals surface area contributed by atoms with Crippen LogP contribution in [0.5, 0.6) is 0 Å². The second-order valence-corrected chi connectivity index (χ2v) is 2.33. The van der Waals surface area contributed by atoms with Crippen LogP contribution in [0.3, 0.4) is 0 Å². The van der Waals surface area contributed by atoms with Gasteiger partial charge in [-0.2, -0.15) is 0 Å². The van der Waals surface area contributed by atoms with Gasteiger partial charge in [-0.15, -0.1) is 0 Å². The number of hydrogen-bond donors (Lipinski definition) is 1. The Kier molecular flexibility index (Phi) is 2.82. The largest absolute Gasteiger partial charge is 0.465 e. The van der Waals surface area contributed by atoms with Gasteiger partial charge in [-0.3, -0.25) is 0 Å². The fraction of sp³-hybridized carbons (Fsp3) is 0.222. The Hall–Kier alpha value is -1.35. The fourth-order valence-electron chi connectivity index (χ4n) is 0.875. The number of carbonyl (C=O) groups is 1. The van der Waals surface area contributed by atoms with Crippen LogP contribution in [0.4, 0.5) is 0 Å². The average Bonchev–Trinajstić information content (AvgIpc) is 2.17. The van der Waals surface area contributed by atoms with E-state index >= 15 is 0 Å².